The zero-order valence-corrected chi connectivity index (χ0v) is 18.9. The molecule has 32 heavy (non-hydrogen) atoms. The Hall–Kier alpha value is -2.82. The predicted octanol–water partition coefficient (Wildman–Crippen LogP) is 3.07. The van der Waals surface area contributed by atoms with E-state index < -0.39 is 15.9 Å². The minimum atomic E-state index is -3.51. The summed E-state index contributed by atoms with van der Waals surface area (Å²) in [7, 11) is -3.51. The summed E-state index contributed by atoms with van der Waals surface area (Å²) in [5.74, 6) is -0.820. The topological polar surface area (TPSA) is 99.7 Å². The number of carbonyl (C=O) groups excluding carboxylic acids is 2. The average Bonchev–Trinajstić information content (AvgIpc) is 3.53. The number of hydrogen-bond donors (Lipinski definition) is 1. The van der Waals surface area contributed by atoms with Crippen LogP contribution in [0.15, 0.2) is 53.4 Å². The van der Waals surface area contributed by atoms with Crippen LogP contribution in [0.3, 0.4) is 0 Å². The van der Waals surface area contributed by atoms with Crippen molar-refractivity contribution in [3.05, 3.63) is 48.5 Å². The van der Waals surface area contributed by atoms with Gasteiger partial charge in [-0.3, -0.25) is 9.59 Å². The number of rotatable bonds is 5. The molecule has 2 aliphatic rings. The Morgan fingerprint density at radius 2 is 1.84 bits per heavy atom. The summed E-state index contributed by atoms with van der Waals surface area (Å²) >= 11 is 1.23. The van der Waals surface area contributed by atoms with Crippen molar-refractivity contribution in [3.63, 3.8) is 0 Å². The van der Waals surface area contributed by atoms with Crippen molar-refractivity contribution in [1.29, 1.82) is 0 Å². The Bertz CT molecular complexity index is 1280. The van der Waals surface area contributed by atoms with Gasteiger partial charge in [-0.15, -0.1) is 0 Å². The number of anilines is 2. The molecule has 0 spiro atoms. The molecule has 2 aromatic carbocycles. The van der Waals surface area contributed by atoms with Crippen LogP contribution in [-0.2, 0) is 19.6 Å². The highest BCUT2D eigenvalue weighted by atomic mass is 32.2. The SMILES string of the molecule is O=C(Nc1nc2ccc(S(=O)(=O)N3CCCC3)cc2s1)C1CC(=O)N(c2ccccc2)C1. The molecule has 10 heteroatoms. The summed E-state index contributed by atoms with van der Waals surface area (Å²) in [5, 5.41) is 3.20. The molecule has 8 nitrogen and oxygen atoms in total. The molecule has 3 heterocycles. The lowest BCUT2D eigenvalue weighted by atomic mass is 10.1. The molecular weight excluding hydrogens is 448 g/mol. The van der Waals surface area contributed by atoms with Crippen molar-refractivity contribution in [1.82, 2.24) is 9.29 Å². The number of amides is 2. The summed E-state index contributed by atoms with van der Waals surface area (Å²) in [6, 6.07) is 14.1. The van der Waals surface area contributed by atoms with Crippen LogP contribution in [0.25, 0.3) is 10.2 Å². The number of para-hydroxylation sites is 1. The monoisotopic (exact) mass is 470 g/mol. The van der Waals surface area contributed by atoms with Gasteiger partial charge in [0.15, 0.2) is 5.13 Å². The Labute approximate surface area is 189 Å². The molecule has 3 aromatic rings. The Kier molecular flexibility index (Phi) is 5.44. The van der Waals surface area contributed by atoms with E-state index in [2.05, 4.69) is 10.3 Å². The molecule has 2 fully saturated rings. The molecule has 2 saturated heterocycles. The van der Waals surface area contributed by atoms with Gasteiger partial charge in [0, 0.05) is 31.7 Å². The number of thiazole rings is 1. The molecule has 1 N–H and O–H groups in total. The lowest BCUT2D eigenvalue weighted by Crippen LogP contribution is -2.28. The van der Waals surface area contributed by atoms with Gasteiger partial charge < -0.3 is 10.2 Å². The summed E-state index contributed by atoms with van der Waals surface area (Å²) in [6.07, 6.45) is 1.90. The van der Waals surface area contributed by atoms with Crippen molar-refractivity contribution in [2.45, 2.75) is 24.2 Å². The molecule has 2 aliphatic heterocycles. The van der Waals surface area contributed by atoms with Gasteiger partial charge in [0.05, 0.1) is 21.0 Å². The summed E-state index contributed by atoms with van der Waals surface area (Å²) < 4.78 is 27.8. The number of carbonyl (C=O) groups is 2. The Morgan fingerprint density at radius 3 is 2.59 bits per heavy atom. The molecule has 166 valence electrons. The maximum absolute atomic E-state index is 12.8. The average molecular weight is 471 g/mol. The lowest BCUT2D eigenvalue weighted by Gasteiger charge is -2.16. The summed E-state index contributed by atoms with van der Waals surface area (Å²) in [5.41, 5.74) is 1.40. The van der Waals surface area contributed by atoms with Gasteiger partial charge in [0.2, 0.25) is 21.8 Å². The zero-order valence-electron chi connectivity index (χ0n) is 17.2. The number of hydrogen-bond acceptors (Lipinski definition) is 6. The van der Waals surface area contributed by atoms with E-state index >= 15 is 0 Å². The minimum Gasteiger partial charge on any atom is -0.312 e. The first-order chi connectivity index (χ1) is 15.4. The van der Waals surface area contributed by atoms with Crippen molar-refractivity contribution in [2.75, 3.05) is 29.9 Å². The van der Waals surface area contributed by atoms with Crippen LogP contribution in [-0.4, -0.2) is 49.2 Å². The number of nitrogens with zero attached hydrogens (tertiary/aromatic N) is 3. The molecular formula is C22H22N4O4S2. The fraction of sp³-hybridized carbons (Fsp3) is 0.318. The van der Waals surface area contributed by atoms with Gasteiger partial charge in [-0.2, -0.15) is 4.31 Å². The van der Waals surface area contributed by atoms with E-state index in [1.807, 2.05) is 30.3 Å². The van der Waals surface area contributed by atoms with Gasteiger partial charge in [0.25, 0.3) is 0 Å². The van der Waals surface area contributed by atoms with E-state index in [1.54, 1.807) is 23.1 Å². The molecule has 0 bridgehead atoms. The smallest absolute Gasteiger partial charge is 0.243 e. The van der Waals surface area contributed by atoms with Gasteiger partial charge in [-0.05, 0) is 43.2 Å². The van der Waals surface area contributed by atoms with Crippen molar-refractivity contribution < 1.29 is 18.0 Å². The Morgan fingerprint density at radius 1 is 1.09 bits per heavy atom. The first kappa shape index (κ1) is 21.0. The lowest BCUT2D eigenvalue weighted by molar-refractivity contribution is -0.122. The second-order valence-corrected chi connectivity index (χ2v) is 11.0. The second kappa shape index (κ2) is 8.27. The number of benzene rings is 2. The van der Waals surface area contributed by atoms with Crippen LogP contribution in [0, 0.1) is 5.92 Å². The number of nitrogens with one attached hydrogen (secondary N) is 1. The zero-order chi connectivity index (χ0) is 22.3. The number of aromatic nitrogens is 1. The summed E-state index contributed by atoms with van der Waals surface area (Å²) in [4.78, 5) is 31.5. The van der Waals surface area contributed by atoms with Crippen LogP contribution in [0.5, 0.6) is 0 Å². The van der Waals surface area contributed by atoms with E-state index in [9.17, 15) is 18.0 Å². The van der Waals surface area contributed by atoms with Gasteiger partial charge in [-0.1, -0.05) is 29.5 Å². The molecule has 1 atom stereocenters. The molecule has 0 radical (unpaired) electrons. The maximum Gasteiger partial charge on any atom is 0.243 e. The van der Waals surface area contributed by atoms with E-state index in [0.717, 1.165) is 18.5 Å². The predicted molar refractivity (Wildman–Crippen MR) is 123 cm³/mol. The quantitative estimate of drug-likeness (QED) is 0.618. The van der Waals surface area contributed by atoms with Crippen molar-refractivity contribution in [2.24, 2.45) is 5.92 Å². The van der Waals surface area contributed by atoms with Crippen LogP contribution in [0.1, 0.15) is 19.3 Å². The first-order valence-corrected chi connectivity index (χ1v) is 12.7. The minimum absolute atomic E-state index is 0.0857. The third-order valence-electron chi connectivity index (χ3n) is 5.86. The van der Waals surface area contributed by atoms with Crippen LogP contribution in [0.2, 0.25) is 0 Å². The van der Waals surface area contributed by atoms with Crippen molar-refractivity contribution in [3.8, 4) is 0 Å². The van der Waals surface area contributed by atoms with E-state index in [0.29, 0.717) is 35.0 Å². The number of fused-ring (bicyclic) bond motifs is 1. The molecule has 0 aliphatic carbocycles. The molecule has 5 rings (SSSR count). The molecule has 2 amide bonds. The second-order valence-electron chi connectivity index (χ2n) is 7.99. The highest BCUT2D eigenvalue weighted by Crippen LogP contribution is 2.31. The Balaban J connectivity index is 1.31. The molecule has 0 saturated carbocycles. The first-order valence-electron chi connectivity index (χ1n) is 10.5. The van der Waals surface area contributed by atoms with E-state index in [4.69, 9.17) is 0 Å². The van der Waals surface area contributed by atoms with Crippen LogP contribution >= 0.6 is 11.3 Å². The standard InChI is InChI=1S/C22H22N4O4S2/c27-20-12-15(14-26(20)16-6-2-1-3-7-16)21(28)24-22-23-18-9-8-17(13-19(18)31-22)32(29,30)25-10-4-5-11-25/h1-3,6-9,13,15H,4-5,10-12,14H2,(H,23,24,28). The van der Waals surface area contributed by atoms with Gasteiger partial charge in [0.1, 0.15) is 0 Å². The highest BCUT2D eigenvalue weighted by Gasteiger charge is 2.35. The van der Waals surface area contributed by atoms with E-state index in [1.165, 1.54) is 15.6 Å². The molecule has 1 unspecified atom stereocenters. The third kappa shape index (κ3) is 3.89. The third-order valence-corrected chi connectivity index (χ3v) is 8.68. The van der Waals surface area contributed by atoms with E-state index in [-0.39, 0.29) is 23.1 Å². The fourth-order valence-electron chi connectivity index (χ4n) is 4.14. The highest BCUT2D eigenvalue weighted by molar-refractivity contribution is 7.89. The number of sulfonamides is 1. The maximum atomic E-state index is 12.8. The molecule has 1 aromatic heterocycles. The van der Waals surface area contributed by atoms with Gasteiger partial charge >= 0.3 is 0 Å². The largest absolute Gasteiger partial charge is 0.312 e. The van der Waals surface area contributed by atoms with Crippen LogP contribution in [0.4, 0.5) is 10.8 Å². The fourth-order valence-corrected chi connectivity index (χ4v) is 6.67. The van der Waals surface area contributed by atoms with Crippen LogP contribution < -0.4 is 10.2 Å². The normalized spacial score (nSPS) is 19.7. The van der Waals surface area contributed by atoms with Crippen molar-refractivity contribution >= 4 is 54.2 Å². The van der Waals surface area contributed by atoms with Gasteiger partial charge in [-0.25, -0.2) is 13.4 Å². The summed E-state index contributed by atoms with van der Waals surface area (Å²) in [6.45, 7) is 1.41.